The first-order chi connectivity index (χ1) is 10.7. The van der Waals surface area contributed by atoms with Crippen LogP contribution in [0.2, 0.25) is 5.02 Å². The summed E-state index contributed by atoms with van der Waals surface area (Å²) in [5, 5.41) is 11.0. The van der Waals surface area contributed by atoms with Gasteiger partial charge in [0.25, 0.3) is 0 Å². The first kappa shape index (κ1) is 14.8. The van der Waals surface area contributed by atoms with Crippen LogP contribution >= 0.6 is 11.6 Å². The number of rotatable bonds is 4. The van der Waals surface area contributed by atoms with Crippen LogP contribution in [0.15, 0.2) is 67.3 Å². The summed E-state index contributed by atoms with van der Waals surface area (Å²) in [5.41, 5.74) is 2.40. The van der Waals surface area contributed by atoms with E-state index < -0.39 is 5.54 Å². The highest BCUT2D eigenvalue weighted by Gasteiger charge is 2.36. The molecule has 0 bridgehead atoms. The van der Waals surface area contributed by atoms with Crippen LogP contribution in [0, 0.1) is 6.92 Å². The maximum atomic E-state index is 10.4. The van der Waals surface area contributed by atoms with Gasteiger partial charge in [-0.05, 0) is 35.7 Å². The smallest absolute Gasteiger partial charge is 0.119 e. The molecule has 0 aliphatic carbocycles. The Morgan fingerprint density at radius 3 is 2.45 bits per heavy atom. The van der Waals surface area contributed by atoms with Gasteiger partial charge in [0.1, 0.15) is 5.54 Å². The average Bonchev–Trinajstić information content (AvgIpc) is 3.06. The number of benzene rings is 2. The Balaban J connectivity index is 2.31. The highest BCUT2D eigenvalue weighted by Crippen LogP contribution is 2.36. The predicted octanol–water partition coefficient (Wildman–Crippen LogP) is 3.63. The van der Waals surface area contributed by atoms with Crippen LogP contribution in [0.5, 0.6) is 0 Å². The standard InChI is InChI=1S/C18H17ClN2O/c1-14-4-2-3-5-17(14)18(12-22,21-11-10-20-13-21)15-6-8-16(19)9-7-15/h2-11,13,22H,12H2,1H3. The Bertz CT molecular complexity index is 753. The van der Waals surface area contributed by atoms with E-state index in [1.165, 1.54) is 0 Å². The summed E-state index contributed by atoms with van der Waals surface area (Å²) in [6.45, 7) is 1.97. The molecule has 2 aromatic carbocycles. The Morgan fingerprint density at radius 2 is 1.86 bits per heavy atom. The maximum absolute atomic E-state index is 10.4. The lowest BCUT2D eigenvalue weighted by molar-refractivity contribution is 0.196. The van der Waals surface area contributed by atoms with E-state index in [0.29, 0.717) is 5.02 Å². The van der Waals surface area contributed by atoms with Crippen molar-refractivity contribution in [2.24, 2.45) is 0 Å². The lowest BCUT2D eigenvalue weighted by Gasteiger charge is -2.36. The number of aromatic nitrogens is 2. The summed E-state index contributed by atoms with van der Waals surface area (Å²) in [5.74, 6) is 0. The monoisotopic (exact) mass is 312 g/mol. The highest BCUT2D eigenvalue weighted by atomic mass is 35.5. The van der Waals surface area contributed by atoms with Crippen LogP contribution in [-0.4, -0.2) is 21.3 Å². The summed E-state index contributed by atoms with van der Waals surface area (Å²) in [4.78, 5) is 4.16. The fraction of sp³-hybridized carbons (Fsp3) is 0.167. The summed E-state index contributed by atoms with van der Waals surface area (Å²) >= 11 is 6.03. The van der Waals surface area contributed by atoms with Crippen LogP contribution in [0.25, 0.3) is 0 Å². The minimum Gasteiger partial charge on any atom is -0.393 e. The van der Waals surface area contributed by atoms with Gasteiger partial charge in [0.05, 0.1) is 12.9 Å². The van der Waals surface area contributed by atoms with E-state index >= 15 is 0 Å². The zero-order chi connectivity index (χ0) is 15.6. The van der Waals surface area contributed by atoms with Gasteiger partial charge in [-0.1, -0.05) is 48.0 Å². The lowest BCUT2D eigenvalue weighted by Crippen LogP contribution is -2.40. The third kappa shape index (κ3) is 2.32. The topological polar surface area (TPSA) is 38.0 Å². The predicted molar refractivity (Wildman–Crippen MR) is 88.1 cm³/mol. The molecule has 3 rings (SSSR count). The summed E-state index contributed by atoms with van der Waals surface area (Å²) in [6, 6.07) is 15.7. The number of imidazole rings is 1. The molecule has 1 unspecified atom stereocenters. The van der Waals surface area contributed by atoms with Gasteiger partial charge in [0.2, 0.25) is 0 Å². The van der Waals surface area contributed by atoms with E-state index in [2.05, 4.69) is 4.98 Å². The number of nitrogens with zero attached hydrogens (tertiary/aromatic N) is 2. The molecule has 1 heterocycles. The normalized spacial score (nSPS) is 13.8. The summed E-state index contributed by atoms with van der Waals surface area (Å²) in [7, 11) is 0. The Kier molecular flexibility index (Phi) is 4.01. The second-order valence-corrected chi connectivity index (χ2v) is 5.75. The number of aliphatic hydroxyl groups excluding tert-OH is 1. The van der Waals surface area contributed by atoms with E-state index in [1.807, 2.05) is 66.2 Å². The number of halogens is 1. The van der Waals surface area contributed by atoms with E-state index in [4.69, 9.17) is 11.6 Å². The first-order valence-electron chi connectivity index (χ1n) is 7.10. The Labute approximate surface area is 134 Å². The van der Waals surface area contributed by atoms with Crippen molar-refractivity contribution < 1.29 is 5.11 Å². The van der Waals surface area contributed by atoms with Crippen molar-refractivity contribution in [3.05, 3.63) is 89.0 Å². The lowest BCUT2D eigenvalue weighted by atomic mass is 9.81. The largest absolute Gasteiger partial charge is 0.393 e. The third-order valence-corrected chi connectivity index (χ3v) is 4.34. The van der Waals surface area contributed by atoms with Crippen molar-refractivity contribution in [2.75, 3.05) is 6.61 Å². The molecule has 4 heteroatoms. The molecular formula is C18H17ClN2O. The molecule has 112 valence electrons. The van der Waals surface area contributed by atoms with E-state index in [-0.39, 0.29) is 6.61 Å². The highest BCUT2D eigenvalue weighted by molar-refractivity contribution is 6.30. The minimum atomic E-state index is -0.716. The van der Waals surface area contributed by atoms with E-state index in [9.17, 15) is 5.11 Å². The van der Waals surface area contributed by atoms with Crippen LogP contribution in [0.1, 0.15) is 16.7 Å². The number of aryl methyl sites for hydroxylation is 1. The Morgan fingerprint density at radius 1 is 1.14 bits per heavy atom. The van der Waals surface area contributed by atoms with E-state index in [0.717, 1.165) is 16.7 Å². The average molecular weight is 313 g/mol. The van der Waals surface area contributed by atoms with Crippen LogP contribution in [0.4, 0.5) is 0 Å². The number of hydrogen-bond acceptors (Lipinski definition) is 2. The third-order valence-electron chi connectivity index (χ3n) is 4.09. The summed E-state index contributed by atoms with van der Waals surface area (Å²) in [6.07, 6.45) is 5.33. The molecular weight excluding hydrogens is 296 g/mol. The molecule has 0 aliphatic rings. The molecule has 0 spiro atoms. The molecule has 0 saturated heterocycles. The number of aliphatic hydroxyl groups is 1. The Hall–Kier alpha value is -2.10. The van der Waals surface area contributed by atoms with Crippen molar-refractivity contribution in [3.63, 3.8) is 0 Å². The zero-order valence-corrected chi connectivity index (χ0v) is 13.0. The van der Waals surface area contributed by atoms with Gasteiger partial charge in [-0.3, -0.25) is 0 Å². The molecule has 3 nitrogen and oxygen atoms in total. The first-order valence-corrected chi connectivity index (χ1v) is 7.48. The molecule has 22 heavy (non-hydrogen) atoms. The van der Waals surface area contributed by atoms with Crippen molar-refractivity contribution in [2.45, 2.75) is 12.5 Å². The van der Waals surface area contributed by atoms with Gasteiger partial charge in [0, 0.05) is 17.4 Å². The van der Waals surface area contributed by atoms with Crippen LogP contribution in [0.3, 0.4) is 0 Å². The maximum Gasteiger partial charge on any atom is 0.119 e. The van der Waals surface area contributed by atoms with Gasteiger partial charge >= 0.3 is 0 Å². The minimum absolute atomic E-state index is 0.0736. The molecule has 1 aromatic heterocycles. The van der Waals surface area contributed by atoms with Gasteiger partial charge in [-0.2, -0.15) is 0 Å². The van der Waals surface area contributed by atoms with Crippen LogP contribution in [-0.2, 0) is 5.54 Å². The van der Waals surface area contributed by atoms with E-state index in [1.54, 1.807) is 12.5 Å². The molecule has 0 fully saturated rings. The molecule has 0 radical (unpaired) electrons. The van der Waals surface area contributed by atoms with Crippen molar-refractivity contribution in [1.82, 2.24) is 9.55 Å². The second kappa shape index (κ2) is 5.95. The molecule has 0 amide bonds. The van der Waals surface area contributed by atoms with Crippen molar-refractivity contribution in [1.29, 1.82) is 0 Å². The van der Waals surface area contributed by atoms with Crippen molar-refractivity contribution in [3.8, 4) is 0 Å². The van der Waals surface area contributed by atoms with Gasteiger partial charge in [-0.25, -0.2) is 4.98 Å². The molecule has 1 N–H and O–H groups in total. The van der Waals surface area contributed by atoms with Crippen LogP contribution < -0.4 is 0 Å². The molecule has 1 atom stereocenters. The number of hydrogen-bond donors (Lipinski definition) is 1. The quantitative estimate of drug-likeness (QED) is 0.799. The fourth-order valence-corrected chi connectivity index (χ4v) is 3.08. The zero-order valence-electron chi connectivity index (χ0n) is 12.3. The van der Waals surface area contributed by atoms with Gasteiger partial charge < -0.3 is 9.67 Å². The van der Waals surface area contributed by atoms with Crippen molar-refractivity contribution >= 4 is 11.6 Å². The second-order valence-electron chi connectivity index (χ2n) is 5.31. The summed E-state index contributed by atoms with van der Waals surface area (Å²) < 4.78 is 1.94. The molecule has 3 aromatic rings. The molecule has 0 aliphatic heterocycles. The molecule has 0 saturated carbocycles. The van der Waals surface area contributed by atoms with Gasteiger partial charge in [0.15, 0.2) is 0 Å². The fourth-order valence-electron chi connectivity index (χ4n) is 2.95. The van der Waals surface area contributed by atoms with Gasteiger partial charge in [-0.15, -0.1) is 0 Å². The SMILES string of the molecule is Cc1ccccc1C(CO)(c1ccc(Cl)cc1)n1ccnc1.